The Balaban J connectivity index is 1.62. The van der Waals surface area contributed by atoms with Gasteiger partial charge in [-0.15, -0.1) is 10.2 Å². The molecule has 0 bridgehead atoms. The highest BCUT2D eigenvalue weighted by molar-refractivity contribution is 14.1. The molecule has 0 fully saturated rings. The van der Waals surface area contributed by atoms with E-state index in [4.69, 9.17) is 37.6 Å². The number of aromatic nitrogens is 4. The summed E-state index contributed by atoms with van der Waals surface area (Å²) in [5, 5.41) is 21.7. The van der Waals surface area contributed by atoms with Crippen molar-refractivity contribution in [3.8, 4) is 29.0 Å². The van der Waals surface area contributed by atoms with Crippen molar-refractivity contribution in [3.63, 3.8) is 0 Å². The first-order chi connectivity index (χ1) is 14.9. The van der Waals surface area contributed by atoms with Crippen molar-refractivity contribution in [2.75, 3.05) is 0 Å². The second kappa shape index (κ2) is 8.82. The third kappa shape index (κ3) is 4.51. The van der Waals surface area contributed by atoms with E-state index in [0.29, 0.717) is 30.4 Å². The van der Waals surface area contributed by atoms with Crippen molar-refractivity contribution < 1.29 is 13.5 Å². The minimum Gasteiger partial charge on any atom is -0.453 e. The van der Waals surface area contributed by atoms with Gasteiger partial charge in [0.1, 0.15) is 10.9 Å². The first-order valence-electron chi connectivity index (χ1n) is 8.71. The zero-order valence-electron chi connectivity index (χ0n) is 15.7. The van der Waals surface area contributed by atoms with Crippen LogP contribution in [0.3, 0.4) is 0 Å². The van der Waals surface area contributed by atoms with E-state index in [1.54, 1.807) is 19.2 Å². The van der Waals surface area contributed by atoms with Crippen LogP contribution in [0.5, 0.6) is 11.5 Å². The molecular weight excluding hydrogens is 559 g/mol. The summed E-state index contributed by atoms with van der Waals surface area (Å²) in [6.45, 7) is 0. The van der Waals surface area contributed by atoms with E-state index in [0.717, 1.165) is 0 Å². The van der Waals surface area contributed by atoms with Crippen LogP contribution in [0.25, 0.3) is 11.5 Å². The SMILES string of the molecule is Cn1ncc(-c2nnc(Cc3ccc(I)c(Oc4cc(Cl)cc(C#N)c4)c3F)o2)c1Cl. The highest BCUT2D eigenvalue weighted by atomic mass is 127. The van der Waals surface area contributed by atoms with Gasteiger partial charge >= 0.3 is 0 Å². The van der Waals surface area contributed by atoms with E-state index in [1.165, 1.54) is 29.1 Å². The molecule has 156 valence electrons. The molecule has 2 heterocycles. The Hall–Kier alpha value is -2.68. The maximum atomic E-state index is 15.2. The molecule has 31 heavy (non-hydrogen) atoms. The van der Waals surface area contributed by atoms with Crippen molar-refractivity contribution in [2.45, 2.75) is 6.42 Å². The third-order valence-corrected chi connectivity index (χ3v) is 5.77. The van der Waals surface area contributed by atoms with Crippen molar-refractivity contribution in [1.82, 2.24) is 20.0 Å². The van der Waals surface area contributed by atoms with Crippen LogP contribution >= 0.6 is 45.8 Å². The summed E-state index contributed by atoms with van der Waals surface area (Å²) in [7, 11) is 1.69. The van der Waals surface area contributed by atoms with Crippen LogP contribution in [-0.4, -0.2) is 20.0 Å². The lowest BCUT2D eigenvalue weighted by Crippen LogP contribution is -1.99. The Morgan fingerprint density at radius 2 is 2.06 bits per heavy atom. The lowest BCUT2D eigenvalue weighted by molar-refractivity contribution is 0.433. The van der Waals surface area contributed by atoms with Crippen LogP contribution in [-0.2, 0) is 13.5 Å². The maximum Gasteiger partial charge on any atom is 0.252 e. The summed E-state index contributed by atoms with van der Waals surface area (Å²) in [4.78, 5) is 0. The summed E-state index contributed by atoms with van der Waals surface area (Å²) in [5.41, 5.74) is 1.09. The van der Waals surface area contributed by atoms with Gasteiger partial charge in [-0.1, -0.05) is 29.3 Å². The number of hydrogen-bond donors (Lipinski definition) is 0. The Labute approximate surface area is 199 Å². The smallest absolute Gasteiger partial charge is 0.252 e. The van der Waals surface area contributed by atoms with Crippen molar-refractivity contribution in [1.29, 1.82) is 5.26 Å². The van der Waals surface area contributed by atoms with E-state index in [9.17, 15) is 0 Å². The monoisotopic (exact) mass is 569 g/mol. The van der Waals surface area contributed by atoms with Crippen LogP contribution in [0, 0.1) is 20.7 Å². The first kappa shape index (κ1) is 21.5. The summed E-state index contributed by atoms with van der Waals surface area (Å²) < 4.78 is 28.6. The first-order valence-corrected chi connectivity index (χ1v) is 10.5. The van der Waals surface area contributed by atoms with Crippen LogP contribution in [0.2, 0.25) is 10.2 Å². The zero-order chi connectivity index (χ0) is 22.1. The van der Waals surface area contributed by atoms with E-state index in [-0.39, 0.29) is 29.7 Å². The molecule has 4 rings (SSSR count). The van der Waals surface area contributed by atoms with Gasteiger partial charge in [0.25, 0.3) is 5.89 Å². The molecule has 7 nitrogen and oxygen atoms in total. The number of halogens is 4. The lowest BCUT2D eigenvalue weighted by atomic mass is 10.1. The van der Waals surface area contributed by atoms with Crippen LogP contribution < -0.4 is 4.74 Å². The minimum absolute atomic E-state index is 0.0132. The van der Waals surface area contributed by atoms with Gasteiger partial charge in [-0.2, -0.15) is 10.4 Å². The molecule has 0 N–H and O–H groups in total. The number of benzene rings is 2. The van der Waals surface area contributed by atoms with Crippen molar-refractivity contribution in [2.24, 2.45) is 7.05 Å². The van der Waals surface area contributed by atoms with Gasteiger partial charge < -0.3 is 9.15 Å². The Morgan fingerprint density at radius 1 is 1.26 bits per heavy atom. The van der Waals surface area contributed by atoms with E-state index >= 15 is 4.39 Å². The average Bonchev–Trinajstić information content (AvgIpc) is 3.33. The number of hydrogen-bond acceptors (Lipinski definition) is 6. The van der Waals surface area contributed by atoms with Crippen LogP contribution in [0.1, 0.15) is 17.0 Å². The minimum atomic E-state index is -0.579. The number of ether oxygens (including phenoxy) is 1. The summed E-state index contributed by atoms with van der Waals surface area (Å²) in [6.07, 6.45) is 1.56. The second-order valence-corrected chi connectivity index (χ2v) is 8.35. The van der Waals surface area contributed by atoms with Crippen molar-refractivity contribution in [3.05, 3.63) is 73.1 Å². The van der Waals surface area contributed by atoms with Crippen LogP contribution in [0.4, 0.5) is 4.39 Å². The van der Waals surface area contributed by atoms with E-state index in [2.05, 4.69) is 15.3 Å². The maximum absolute atomic E-state index is 15.2. The molecule has 0 aliphatic rings. The largest absolute Gasteiger partial charge is 0.453 e. The standard InChI is InChI=1S/C20H11Cl2FIN5O2/c1-29-19(22)14(9-26-29)20-28-27-16(31-20)6-11-2-3-15(24)18(17(11)23)30-13-5-10(8-25)4-12(21)7-13/h2-5,7,9H,6H2,1H3. The fourth-order valence-electron chi connectivity index (χ4n) is 2.77. The fourth-order valence-corrected chi connectivity index (χ4v) is 3.70. The van der Waals surface area contributed by atoms with Crippen molar-refractivity contribution >= 4 is 45.8 Å². The van der Waals surface area contributed by atoms with Crippen LogP contribution in [0.15, 0.2) is 40.9 Å². The molecule has 0 radical (unpaired) electrons. The van der Waals surface area contributed by atoms with Gasteiger partial charge in [-0.25, -0.2) is 4.39 Å². The summed E-state index contributed by atoms with van der Waals surface area (Å²) >= 11 is 14.1. The van der Waals surface area contributed by atoms with Gasteiger partial charge in [0.05, 0.1) is 33.4 Å². The molecule has 2 aromatic carbocycles. The summed E-state index contributed by atoms with van der Waals surface area (Å²) in [5.74, 6) is 0.0853. The quantitative estimate of drug-likeness (QED) is 0.283. The van der Waals surface area contributed by atoms with Gasteiger partial charge in [-0.3, -0.25) is 4.68 Å². The fraction of sp³-hybridized carbons (Fsp3) is 0.100. The van der Waals surface area contributed by atoms with Gasteiger partial charge in [0.2, 0.25) is 5.89 Å². The molecule has 0 atom stereocenters. The number of nitriles is 1. The lowest BCUT2D eigenvalue weighted by Gasteiger charge is -2.12. The molecule has 0 aliphatic carbocycles. The zero-order valence-corrected chi connectivity index (χ0v) is 19.4. The Kier molecular flexibility index (Phi) is 6.13. The number of aryl methyl sites for hydroxylation is 1. The highest BCUT2D eigenvalue weighted by Crippen LogP contribution is 2.34. The second-order valence-electron chi connectivity index (χ2n) is 6.39. The average molecular weight is 570 g/mol. The van der Waals surface area contributed by atoms with E-state index in [1.807, 2.05) is 28.7 Å². The molecule has 0 amide bonds. The predicted octanol–water partition coefficient (Wildman–Crippen LogP) is 5.78. The molecule has 0 aliphatic heterocycles. The molecule has 2 aromatic heterocycles. The molecule has 0 unspecified atom stereocenters. The summed E-state index contributed by atoms with van der Waals surface area (Å²) in [6, 6.07) is 9.79. The topological polar surface area (TPSA) is 89.8 Å². The van der Waals surface area contributed by atoms with Gasteiger partial charge in [-0.05, 0) is 46.9 Å². The molecule has 0 saturated carbocycles. The molecule has 0 spiro atoms. The van der Waals surface area contributed by atoms with Gasteiger partial charge in [0.15, 0.2) is 11.6 Å². The third-order valence-electron chi connectivity index (χ3n) is 4.25. The molecule has 0 saturated heterocycles. The number of rotatable bonds is 5. The Bertz CT molecular complexity index is 1330. The predicted molar refractivity (Wildman–Crippen MR) is 120 cm³/mol. The molecular formula is C20H11Cl2FIN5O2. The molecule has 11 heteroatoms. The van der Waals surface area contributed by atoms with E-state index < -0.39 is 5.82 Å². The Morgan fingerprint density at radius 3 is 2.77 bits per heavy atom. The normalized spacial score (nSPS) is 10.8. The highest BCUT2D eigenvalue weighted by Gasteiger charge is 2.19. The van der Waals surface area contributed by atoms with Gasteiger partial charge in [0, 0.05) is 17.6 Å². The molecule has 4 aromatic rings. The number of nitrogens with zero attached hydrogens (tertiary/aromatic N) is 5.